The minimum absolute atomic E-state index is 0.804. The zero-order valence-corrected chi connectivity index (χ0v) is 6.92. The third-order valence-electron chi connectivity index (χ3n) is 2.98. The Labute approximate surface area is 67.9 Å². The third kappa shape index (κ3) is 1.28. The maximum absolute atomic E-state index is 5.53. The van der Waals surface area contributed by atoms with Gasteiger partial charge in [-0.3, -0.25) is 4.90 Å². The molecule has 0 bridgehead atoms. The predicted molar refractivity (Wildman–Crippen MR) is 45.4 cm³/mol. The van der Waals surface area contributed by atoms with Gasteiger partial charge in [-0.05, 0) is 25.4 Å². The van der Waals surface area contributed by atoms with Crippen LogP contribution in [0.3, 0.4) is 0 Å². The van der Waals surface area contributed by atoms with Gasteiger partial charge in [0.15, 0.2) is 0 Å². The van der Waals surface area contributed by atoms with Crippen LogP contribution < -0.4 is 11.1 Å². The summed E-state index contributed by atoms with van der Waals surface area (Å²) in [5, 5.41) is 3.43. The van der Waals surface area contributed by atoms with Gasteiger partial charge in [0.05, 0.1) is 0 Å². The minimum atomic E-state index is 0.804. The van der Waals surface area contributed by atoms with Crippen molar-refractivity contribution in [1.29, 1.82) is 0 Å². The number of likely N-dealkylation sites (tertiary alicyclic amines) is 1. The summed E-state index contributed by atoms with van der Waals surface area (Å²) in [6, 6.07) is 0.804. The van der Waals surface area contributed by atoms with Gasteiger partial charge in [0, 0.05) is 25.7 Å². The monoisotopic (exact) mass is 155 g/mol. The Kier molecular flexibility index (Phi) is 2.11. The molecule has 2 atom stereocenters. The van der Waals surface area contributed by atoms with Crippen LogP contribution >= 0.6 is 0 Å². The Bertz CT molecular complexity index is 135. The molecule has 64 valence electrons. The number of fused-ring (bicyclic) bond motifs is 1. The molecule has 2 fully saturated rings. The number of nitrogens with zero attached hydrogens (tertiary/aromatic N) is 1. The van der Waals surface area contributed by atoms with Crippen LogP contribution in [0, 0.1) is 5.92 Å². The highest BCUT2D eigenvalue weighted by atomic mass is 15.2. The fourth-order valence-electron chi connectivity index (χ4n) is 2.38. The van der Waals surface area contributed by atoms with E-state index in [1.54, 1.807) is 0 Å². The molecule has 2 saturated heterocycles. The molecule has 0 aromatic rings. The quantitative estimate of drug-likeness (QED) is 0.551. The zero-order chi connectivity index (χ0) is 7.68. The van der Waals surface area contributed by atoms with Crippen molar-refractivity contribution in [3.8, 4) is 0 Å². The predicted octanol–water partition coefficient (Wildman–Crippen LogP) is -0.761. The Balaban J connectivity index is 1.92. The zero-order valence-electron chi connectivity index (χ0n) is 6.92. The normalized spacial score (nSPS) is 37.9. The second-order valence-corrected chi connectivity index (χ2v) is 3.60. The van der Waals surface area contributed by atoms with E-state index in [-0.39, 0.29) is 0 Å². The largest absolute Gasteiger partial charge is 0.329 e. The van der Waals surface area contributed by atoms with Gasteiger partial charge in [0.1, 0.15) is 0 Å². The van der Waals surface area contributed by atoms with Crippen molar-refractivity contribution < 1.29 is 0 Å². The van der Waals surface area contributed by atoms with E-state index in [0.29, 0.717) is 0 Å². The Hall–Kier alpha value is -0.120. The van der Waals surface area contributed by atoms with Crippen LogP contribution in [0.25, 0.3) is 0 Å². The number of hydrogen-bond donors (Lipinski definition) is 2. The molecule has 0 radical (unpaired) electrons. The Morgan fingerprint density at radius 2 is 2.36 bits per heavy atom. The van der Waals surface area contributed by atoms with Gasteiger partial charge < -0.3 is 11.1 Å². The van der Waals surface area contributed by atoms with Gasteiger partial charge >= 0.3 is 0 Å². The van der Waals surface area contributed by atoms with Gasteiger partial charge in [-0.2, -0.15) is 0 Å². The van der Waals surface area contributed by atoms with Crippen molar-refractivity contribution in [1.82, 2.24) is 10.2 Å². The molecule has 0 aliphatic carbocycles. The van der Waals surface area contributed by atoms with Crippen LogP contribution in [0.5, 0.6) is 0 Å². The van der Waals surface area contributed by atoms with Gasteiger partial charge in [0.2, 0.25) is 0 Å². The maximum Gasteiger partial charge on any atom is 0.0261 e. The van der Waals surface area contributed by atoms with E-state index in [2.05, 4.69) is 10.2 Å². The van der Waals surface area contributed by atoms with E-state index in [4.69, 9.17) is 5.73 Å². The molecule has 0 aromatic carbocycles. The molecule has 11 heavy (non-hydrogen) atoms. The molecule has 2 aliphatic heterocycles. The lowest BCUT2D eigenvalue weighted by atomic mass is 10.1. The van der Waals surface area contributed by atoms with Crippen LogP contribution in [-0.4, -0.2) is 43.7 Å². The second-order valence-electron chi connectivity index (χ2n) is 3.60. The average molecular weight is 155 g/mol. The van der Waals surface area contributed by atoms with Crippen molar-refractivity contribution in [3.05, 3.63) is 0 Å². The molecular weight excluding hydrogens is 138 g/mol. The van der Waals surface area contributed by atoms with Crippen LogP contribution in [0.1, 0.15) is 6.42 Å². The number of hydrogen-bond acceptors (Lipinski definition) is 3. The summed E-state index contributed by atoms with van der Waals surface area (Å²) in [6.45, 7) is 5.58. The summed E-state index contributed by atoms with van der Waals surface area (Å²) in [7, 11) is 0. The molecule has 3 nitrogen and oxygen atoms in total. The van der Waals surface area contributed by atoms with E-state index in [1.165, 1.54) is 26.1 Å². The molecule has 0 unspecified atom stereocenters. The van der Waals surface area contributed by atoms with Crippen molar-refractivity contribution in [3.63, 3.8) is 0 Å². The highest BCUT2D eigenvalue weighted by molar-refractivity contribution is 4.94. The standard InChI is InChI=1S/C8H17N3/c9-2-4-11-3-1-7-5-10-6-8(7)11/h7-8,10H,1-6,9H2/t7-,8+/m0/s1. The molecule has 2 heterocycles. The first kappa shape index (κ1) is 7.53. The molecule has 0 spiro atoms. The highest BCUT2D eigenvalue weighted by Crippen LogP contribution is 2.26. The van der Waals surface area contributed by atoms with E-state index in [0.717, 1.165) is 25.0 Å². The van der Waals surface area contributed by atoms with Crippen LogP contribution in [-0.2, 0) is 0 Å². The summed E-state index contributed by atoms with van der Waals surface area (Å²) < 4.78 is 0. The SMILES string of the molecule is NCCN1CC[C@H]2CNC[C@H]21. The number of rotatable bonds is 2. The van der Waals surface area contributed by atoms with E-state index >= 15 is 0 Å². The molecule has 3 heteroatoms. The first-order valence-corrected chi connectivity index (χ1v) is 4.56. The van der Waals surface area contributed by atoms with Crippen molar-refractivity contribution in [2.75, 3.05) is 32.7 Å². The average Bonchev–Trinajstić information content (AvgIpc) is 2.53. The number of nitrogens with two attached hydrogens (primary N) is 1. The summed E-state index contributed by atoms with van der Waals surface area (Å²) in [4.78, 5) is 2.53. The van der Waals surface area contributed by atoms with E-state index in [9.17, 15) is 0 Å². The van der Waals surface area contributed by atoms with Gasteiger partial charge in [0.25, 0.3) is 0 Å². The van der Waals surface area contributed by atoms with Crippen LogP contribution in [0.4, 0.5) is 0 Å². The fraction of sp³-hybridized carbons (Fsp3) is 1.00. The van der Waals surface area contributed by atoms with Gasteiger partial charge in [-0.1, -0.05) is 0 Å². The van der Waals surface area contributed by atoms with Crippen molar-refractivity contribution >= 4 is 0 Å². The highest BCUT2D eigenvalue weighted by Gasteiger charge is 2.36. The van der Waals surface area contributed by atoms with Gasteiger partial charge in [-0.25, -0.2) is 0 Å². The lowest BCUT2D eigenvalue weighted by Gasteiger charge is -2.21. The maximum atomic E-state index is 5.53. The molecule has 2 rings (SSSR count). The first-order valence-electron chi connectivity index (χ1n) is 4.56. The lowest BCUT2D eigenvalue weighted by Crippen LogP contribution is -2.37. The topological polar surface area (TPSA) is 41.3 Å². The van der Waals surface area contributed by atoms with Crippen LogP contribution in [0.15, 0.2) is 0 Å². The first-order chi connectivity index (χ1) is 5.42. The van der Waals surface area contributed by atoms with E-state index in [1.807, 2.05) is 0 Å². The van der Waals surface area contributed by atoms with Crippen molar-refractivity contribution in [2.24, 2.45) is 11.7 Å². The smallest absolute Gasteiger partial charge is 0.0261 e. The lowest BCUT2D eigenvalue weighted by molar-refractivity contribution is 0.259. The van der Waals surface area contributed by atoms with Crippen LogP contribution in [0.2, 0.25) is 0 Å². The summed E-state index contributed by atoms with van der Waals surface area (Å²) in [5.74, 6) is 0.918. The minimum Gasteiger partial charge on any atom is -0.329 e. The molecule has 0 amide bonds. The molecule has 3 N–H and O–H groups in total. The Morgan fingerprint density at radius 1 is 1.45 bits per heavy atom. The third-order valence-corrected chi connectivity index (χ3v) is 2.98. The summed E-state index contributed by atoms with van der Waals surface area (Å²) >= 11 is 0. The number of nitrogens with one attached hydrogen (secondary N) is 1. The van der Waals surface area contributed by atoms with Crippen molar-refractivity contribution in [2.45, 2.75) is 12.5 Å². The molecular formula is C8H17N3. The summed E-state index contributed by atoms with van der Waals surface area (Å²) in [6.07, 6.45) is 1.37. The fourth-order valence-corrected chi connectivity index (χ4v) is 2.38. The summed E-state index contributed by atoms with van der Waals surface area (Å²) in [5.41, 5.74) is 5.53. The van der Waals surface area contributed by atoms with E-state index < -0.39 is 0 Å². The molecule has 0 aromatic heterocycles. The molecule has 0 saturated carbocycles. The van der Waals surface area contributed by atoms with Gasteiger partial charge in [-0.15, -0.1) is 0 Å². The second kappa shape index (κ2) is 3.09. The Morgan fingerprint density at radius 3 is 3.18 bits per heavy atom. The molecule has 2 aliphatic rings.